The van der Waals surface area contributed by atoms with Crippen molar-refractivity contribution in [1.82, 2.24) is 9.97 Å². The van der Waals surface area contributed by atoms with Gasteiger partial charge in [-0.2, -0.15) is 0 Å². The van der Waals surface area contributed by atoms with E-state index in [1.54, 1.807) is 0 Å². The minimum atomic E-state index is -0.172. The zero-order valence-corrected chi connectivity index (χ0v) is 6.03. The quantitative estimate of drug-likeness (QED) is 0.462. The minimum absolute atomic E-state index is 0. The van der Waals surface area contributed by atoms with Crippen LogP contribution in [0.2, 0.25) is 0 Å². The SMILES string of the molecule is O=c1cc[nH]c(=S)[nH]1.[Cu+2]. The van der Waals surface area contributed by atoms with Crippen molar-refractivity contribution < 1.29 is 17.1 Å². The van der Waals surface area contributed by atoms with Crippen LogP contribution < -0.4 is 5.56 Å². The number of rotatable bonds is 0. The monoisotopic (exact) mass is 191 g/mol. The van der Waals surface area contributed by atoms with Crippen molar-refractivity contribution in [2.24, 2.45) is 0 Å². The molecule has 1 aromatic rings. The summed E-state index contributed by atoms with van der Waals surface area (Å²) in [5.41, 5.74) is -0.172. The number of H-pyrrole nitrogens is 2. The van der Waals surface area contributed by atoms with E-state index in [1.807, 2.05) is 0 Å². The van der Waals surface area contributed by atoms with Crippen LogP contribution in [0.15, 0.2) is 17.1 Å². The summed E-state index contributed by atoms with van der Waals surface area (Å²) in [7, 11) is 0. The van der Waals surface area contributed by atoms with Gasteiger partial charge in [0.15, 0.2) is 4.77 Å². The molecule has 0 aromatic carbocycles. The van der Waals surface area contributed by atoms with Crippen molar-refractivity contribution in [2.75, 3.05) is 0 Å². The molecular formula is C4H4CuN2OS+2. The van der Waals surface area contributed by atoms with Gasteiger partial charge in [-0.1, -0.05) is 0 Å². The molecule has 9 heavy (non-hydrogen) atoms. The van der Waals surface area contributed by atoms with Crippen LogP contribution in [-0.2, 0) is 17.1 Å². The van der Waals surface area contributed by atoms with Gasteiger partial charge in [-0.3, -0.25) is 9.78 Å². The molecule has 0 aliphatic heterocycles. The van der Waals surface area contributed by atoms with Crippen LogP contribution in [0.1, 0.15) is 0 Å². The van der Waals surface area contributed by atoms with Gasteiger partial charge in [0.1, 0.15) is 0 Å². The Hall–Kier alpha value is -0.381. The summed E-state index contributed by atoms with van der Waals surface area (Å²) in [6.45, 7) is 0. The molecule has 0 amide bonds. The van der Waals surface area contributed by atoms with Crippen LogP contribution in [0.25, 0.3) is 0 Å². The first-order chi connectivity index (χ1) is 3.79. The van der Waals surface area contributed by atoms with Crippen molar-refractivity contribution in [3.8, 4) is 0 Å². The summed E-state index contributed by atoms with van der Waals surface area (Å²) < 4.78 is 0.359. The van der Waals surface area contributed by atoms with Gasteiger partial charge in [-0.25, -0.2) is 0 Å². The molecule has 0 fully saturated rings. The Kier molecular flexibility index (Phi) is 3.46. The van der Waals surface area contributed by atoms with E-state index in [4.69, 9.17) is 0 Å². The summed E-state index contributed by atoms with van der Waals surface area (Å²) >= 11 is 4.59. The van der Waals surface area contributed by atoms with Gasteiger partial charge in [0, 0.05) is 12.3 Å². The first kappa shape index (κ1) is 8.62. The topological polar surface area (TPSA) is 48.6 Å². The fourth-order valence-electron chi connectivity index (χ4n) is 0.383. The number of hydrogen-bond donors (Lipinski definition) is 2. The molecule has 0 saturated heterocycles. The predicted molar refractivity (Wildman–Crippen MR) is 32.2 cm³/mol. The van der Waals surface area contributed by atoms with Crippen LogP contribution in [0.5, 0.6) is 0 Å². The summed E-state index contributed by atoms with van der Waals surface area (Å²) in [6.07, 6.45) is 1.50. The van der Waals surface area contributed by atoms with Crippen LogP contribution in [0, 0.1) is 4.77 Å². The fraction of sp³-hybridized carbons (Fsp3) is 0. The maximum atomic E-state index is 10.3. The van der Waals surface area contributed by atoms with Gasteiger partial charge >= 0.3 is 17.1 Å². The smallest absolute Gasteiger partial charge is 0.339 e. The van der Waals surface area contributed by atoms with E-state index in [0.29, 0.717) is 4.77 Å². The maximum absolute atomic E-state index is 10.3. The Balaban J connectivity index is 0.000000640. The largest absolute Gasteiger partial charge is 2.00 e. The first-order valence-corrected chi connectivity index (χ1v) is 2.48. The van der Waals surface area contributed by atoms with Gasteiger partial charge in [0.25, 0.3) is 5.56 Å². The third-order valence-corrected chi connectivity index (χ3v) is 0.906. The molecule has 0 unspecified atom stereocenters. The molecule has 1 heterocycles. The Morgan fingerprint density at radius 1 is 1.56 bits per heavy atom. The van der Waals surface area contributed by atoms with E-state index in [0.717, 1.165) is 0 Å². The fourth-order valence-corrected chi connectivity index (χ4v) is 0.551. The first-order valence-electron chi connectivity index (χ1n) is 2.07. The molecule has 0 aliphatic carbocycles. The van der Waals surface area contributed by atoms with E-state index in [-0.39, 0.29) is 22.6 Å². The molecule has 0 spiro atoms. The van der Waals surface area contributed by atoms with E-state index in [9.17, 15) is 4.79 Å². The predicted octanol–water partition coefficient (Wildman–Crippen LogP) is 0.430. The molecule has 2 N–H and O–H groups in total. The molecule has 0 bridgehead atoms. The molecule has 5 heteroatoms. The van der Waals surface area contributed by atoms with Crippen LogP contribution >= 0.6 is 12.2 Å². The molecule has 1 aromatic heterocycles. The van der Waals surface area contributed by atoms with Gasteiger partial charge < -0.3 is 4.98 Å². The summed E-state index contributed by atoms with van der Waals surface area (Å²) in [5, 5.41) is 0. The molecule has 3 nitrogen and oxygen atoms in total. The minimum Gasteiger partial charge on any atom is -0.339 e. The number of nitrogens with one attached hydrogen (secondary N) is 2. The molecule has 51 valence electrons. The van der Waals surface area contributed by atoms with Crippen molar-refractivity contribution >= 4 is 12.2 Å². The number of aromatic amines is 2. The third kappa shape index (κ3) is 2.60. The van der Waals surface area contributed by atoms with Crippen molar-refractivity contribution in [1.29, 1.82) is 0 Å². The average molecular weight is 192 g/mol. The van der Waals surface area contributed by atoms with Gasteiger partial charge in [-0.05, 0) is 12.2 Å². The molecule has 0 aliphatic rings. The number of hydrogen-bond acceptors (Lipinski definition) is 2. The Bertz CT molecular complexity index is 253. The molecular weight excluding hydrogens is 188 g/mol. The molecule has 1 radical (unpaired) electrons. The Labute approximate surface area is 67.0 Å². The molecule has 0 saturated carbocycles. The van der Waals surface area contributed by atoms with Gasteiger partial charge in [-0.15, -0.1) is 0 Å². The van der Waals surface area contributed by atoms with E-state index in [2.05, 4.69) is 22.2 Å². The standard InChI is InChI=1S/C4H4N2OS.Cu/c7-3-1-2-5-4(8)6-3;/h1-2H,(H2,5,6,7,8);/q;+2. The van der Waals surface area contributed by atoms with Crippen molar-refractivity contribution in [3.63, 3.8) is 0 Å². The van der Waals surface area contributed by atoms with Crippen LogP contribution in [0.3, 0.4) is 0 Å². The number of aromatic nitrogens is 2. The van der Waals surface area contributed by atoms with E-state index >= 15 is 0 Å². The summed E-state index contributed by atoms with van der Waals surface area (Å²) in [6, 6.07) is 1.37. The molecule has 0 atom stereocenters. The second-order valence-corrected chi connectivity index (χ2v) is 1.70. The maximum Gasteiger partial charge on any atom is 2.00 e. The van der Waals surface area contributed by atoms with Crippen LogP contribution in [-0.4, -0.2) is 9.97 Å². The zero-order chi connectivity index (χ0) is 5.98. The summed E-state index contributed by atoms with van der Waals surface area (Å²) in [5.74, 6) is 0. The van der Waals surface area contributed by atoms with Gasteiger partial charge in [0.05, 0.1) is 0 Å². The normalized spacial score (nSPS) is 8.00. The molecule has 1 rings (SSSR count). The van der Waals surface area contributed by atoms with Gasteiger partial charge in [0.2, 0.25) is 0 Å². The van der Waals surface area contributed by atoms with Crippen molar-refractivity contribution in [2.45, 2.75) is 0 Å². The van der Waals surface area contributed by atoms with Crippen molar-refractivity contribution in [3.05, 3.63) is 27.4 Å². The average Bonchev–Trinajstić information content (AvgIpc) is 1.64. The third-order valence-electron chi connectivity index (χ3n) is 0.686. The second kappa shape index (κ2) is 3.61. The van der Waals surface area contributed by atoms with E-state index in [1.165, 1.54) is 12.3 Å². The second-order valence-electron chi connectivity index (χ2n) is 1.30. The van der Waals surface area contributed by atoms with Crippen LogP contribution in [0.4, 0.5) is 0 Å². The zero-order valence-electron chi connectivity index (χ0n) is 4.27. The summed E-state index contributed by atoms with van der Waals surface area (Å²) in [4.78, 5) is 15.4. The Morgan fingerprint density at radius 3 is 2.56 bits per heavy atom. The van der Waals surface area contributed by atoms with E-state index < -0.39 is 0 Å². The Morgan fingerprint density at radius 2 is 2.22 bits per heavy atom.